The van der Waals surface area contributed by atoms with Crippen LogP contribution in [0.5, 0.6) is 0 Å². The highest BCUT2D eigenvalue weighted by Gasteiger charge is 2.41. The molecule has 2 aliphatic heterocycles. The van der Waals surface area contributed by atoms with Crippen LogP contribution in [0.25, 0.3) is 12.2 Å². The molecule has 4 heterocycles. The Morgan fingerprint density at radius 2 is 0.789 bits per heavy atom. The summed E-state index contributed by atoms with van der Waals surface area (Å²) in [6.07, 6.45) is 26.6. The van der Waals surface area contributed by atoms with Gasteiger partial charge in [-0.3, -0.25) is 0 Å². The van der Waals surface area contributed by atoms with Gasteiger partial charge in [0.1, 0.15) is 35.7 Å². The van der Waals surface area contributed by atoms with Gasteiger partial charge in [0.25, 0.3) is 0 Å². The lowest BCUT2D eigenvalue weighted by molar-refractivity contribution is 0.0556. The van der Waals surface area contributed by atoms with Gasteiger partial charge < -0.3 is 29.9 Å². The van der Waals surface area contributed by atoms with Crippen molar-refractivity contribution in [3.63, 3.8) is 0 Å². The molecule has 0 saturated carbocycles. The van der Waals surface area contributed by atoms with Gasteiger partial charge in [-0.2, -0.15) is 21.0 Å². The van der Waals surface area contributed by atoms with Crippen molar-refractivity contribution in [1.82, 2.24) is 19.9 Å². The van der Waals surface area contributed by atoms with Crippen LogP contribution in [0.1, 0.15) is 202 Å². The number of unbranched alkanes of at least 4 members (excludes halogenated alkanes) is 16. The third-order valence-electron chi connectivity index (χ3n) is 14.8. The number of ether oxygens (including phenoxy) is 2. The van der Waals surface area contributed by atoms with Crippen LogP contribution in [0.15, 0.2) is 59.9 Å². The van der Waals surface area contributed by atoms with Gasteiger partial charge in [0.2, 0.25) is 0 Å². The van der Waals surface area contributed by atoms with Crippen LogP contribution in [0, 0.1) is 45.3 Å². The molecule has 6 rings (SSSR count). The average Bonchev–Trinajstić information content (AvgIpc) is 3.77. The van der Waals surface area contributed by atoms with E-state index in [1.54, 1.807) is 0 Å². The average molecular weight is 1030 g/mol. The third kappa shape index (κ3) is 15.4. The van der Waals surface area contributed by atoms with E-state index < -0.39 is 0 Å². The Bertz CT molecular complexity index is 2570. The number of hydrogen-bond acceptors (Lipinski definition) is 14. The molecule has 0 atom stereocenters. The molecule has 402 valence electrons. The summed E-state index contributed by atoms with van der Waals surface area (Å²) >= 11 is 0. The molecule has 0 amide bonds. The maximum atomic E-state index is 9.98. The lowest BCUT2D eigenvalue weighted by Gasteiger charge is -2.27. The Hall–Kier alpha value is -6.84. The van der Waals surface area contributed by atoms with Crippen molar-refractivity contribution in [2.75, 3.05) is 73.0 Å². The Labute approximate surface area is 454 Å². The van der Waals surface area contributed by atoms with Gasteiger partial charge in [-0.05, 0) is 48.3 Å². The first-order valence-electron chi connectivity index (χ1n) is 28.3. The summed E-state index contributed by atoms with van der Waals surface area (Å²) in [7, 11) is 0. The molecular formula is C62H82N12O2. The second kappa shape index (κ2) is 30.0. The molecule has 14 heteroatoms. The number of hydrogen-bond donors (Lipinski definition) is 2. The van der Waals surface area contributed by atoms with E-state index in [4.69, 9.17) is 19.4 Å². The molecule has 76 heavy (non-hydrogen) atoms. The first-order chi connectivity index (χ1) is 37.0. The van der Waals surface area contributed by atoms with E-state index in [0.29, 0.717) is 62.5 Å². The van der Waals surface area contributed by atoms with Gasteiger partial charge >= 0.3 is 0 Å². The highest BCUT2D eigenvalue weighted by Crippen LogP contribution is 2.50. The zero-order valence-corrected chi connectivity index (χ0v) is 46.4. The fourth-order valence-corrected chi connectivity index (χ4v) is 10.6. The Balaban J connectivity index is 1.04. The second-order valence-corrected chi connectivity index (χ2v) is 21.1. The van der Waals surface area contributed by atoms with Crippen LogP contribution < -0.4 is 20.4 Å². The van der Waals surface area contributed by atoms with Crippen LogP contribution in [-0.2, 0) is 20.3 Å². The number of para-hydroxylation sites is 2. The van der Waals surface area contributed by atoms with Crippen molar-refractivity contribution in [3.05, 3.63) is 105 Å². The second-order valence-electron chi connectivity index (χ2n) is 21.1. The minimum atomic E-state index is -0.337. The van der Waals surface area contributed by atoms with Crippen LogP contribution in [0.3, 0.4) is 0 Å². The van der Waals surface area contributed by atoms with Crippen molar-refractivity contribution in [2.45, 2.75) is 168 Å². The number of fused-ring (bicyclic) bond motifs is 2. The SMILES string of the molecule is CCCCCCCCCCCN1/C(=C\c2nc(C#N)c(C#N)nc2NCCOCCOCCNc2nc(C#N)c(C#N)nc2/C=C2\N(CCCCCCCCCCC)c3ccccc3C2(C)C)C(C)(C)c2ccccc21. The van der Waals surface area contributed by atoms with Crippen molar-refractivity contribution >= 4 is 35.2 Å². The number of allylic oxidation sites excluding steroid dienone is 2. The number of anilines is 4. The lowest BCUT2D eigenvalue weighted by atomic mass is 9.83. The van der Waals surface area contributed by atoms with Crippen molar-refractivity contribution in [3.8, 4) is 24.3 Å². The topological polar surface area (TPSA) is 196 Å². The first kappa shape index (κ1) is 58.4. The molecule has 0 bridgehead atoms. The predicted molar refractivity (Wildman–Crippen MR) is 306 cm³/mol. The molecule has 0 radical (unpaired) electrons. The summed E-state index contributed by atoms with van der Waals surface area (Å²) in [5.41, 5.74) is 7.21. The van der Waals surface area contributed by atoms with E-state index in [0.717, 1.165) is 50.2 Å². The smallest absolute Gasteiger partial charge is 0.179 e. The molecule has 2 N–H and O–H groups in total. The quantitative estimate of drug-likeness (QED) is 0.0428. The molecule has 4 aromatic rings. The summed E-state index contributed by atoms with van der Waals surface area (Å²) in [6, 6.07) is 25.3. The van der Waals surface area contributed by atoms with Gasteiger partial charge in [0, 0.05) is 59.8 Å². The molecule has 2 aromatic carbocycles. The molecular weight excluding hydrogens is 945 g/mol. The molecule has 0 aliphatic carbocycles. The summed E-state index contributed by atoms with van der Waals surface area (Å²) < 4.78 is 11.9. The monoisotopic (exact) mass is 1030 g/mol. The molecule has 14 nitrogen and oxygen atoms in total. The fraction of sp³-hybridized carbons (Fsp3) is 0.548. The maximum Gasteiger partial charge on any atom is 0.179 e. The number of benzene rings is 2. The van der Waals surface area contributed by atoms with Gasteiger partial charge in [0.05, 0.1) is 26.4 Å². The number of rotatable bonds is 33. The molecule has 0 unspecified atom stereocenters. The standard InChI is InChI=1S/C62H82N12O2/c1-7-9-11-13-15-17-19-21-27-35-73-55-31-25-23-29-47(55)61(3,4)57(73)41-49-59(71-53(45-65)51(43-63)69-49)67-33-37-75-39-40-76-38-34-68-60-50(70-52(44-64)54(46-66)72-60)42-58-62(5,6)48-30-24-26-32-56(48)74(58)36-28-22-20-18-16-14-12-10-8-2/h23-26,29-32,41-42H,7-22,27-28,33-40H2,1-6H3,(H,67,71)(H,68,72)/b57-41-,58-42-. The van der Waals surface area contributed by atoms with E-state index in [-0.39, 0.29) is 33.6 Å². The van der Waals surface area contributed by atoms with Crippen LogP contribution in [0.4, 0.5) is 23.0 Å². The molecule has 2 aliphatic rings. The van der Waals surface area contributed by atoms with Crippen molar-refractivity contribution in [2.24, 2.45) is 0 Å². The zero-order valence-electron chi connectivity index (χ0n) is 46.4. The van der Waals surface area contributed by atoms with Crippen molar-refractivity contribution < 1.29 is 9.47 Å². The Morgan fingerprint density at radius 1 is 0.461 bits per heavy atom. The van der Waals surface area contributed by atoms with Gasteiger partial charge in [-0.1, -0.05) is 181 Å². The van der Waals surface area contributed by atoms with Crippen LogP contribution >= 0.6 is 0 Å². The molecule has 0 fully saturated rings. The minimum Gasteiger partial charge on any atom is -0.377 e. The number of nitriles is 4. The number of aromatic nitrogens is 4. The predicted octanol–water partition coefficient (Wildman–Crippen LogP) is 13.6. The van der Waals surface area contributed by atoms with Gasteiger partial charge in [-0.25, -0.2) is 19.9 Å². The normalized spacial score (nSPS) is 15.0. The number of nitrogens with zero attached hydrogens (tertiary/aromatic N) is 10. The minimum absolute atomic E-state index is 0.0125. The summed E-state index contributed by atoms with van der Waals surface area (Å²) in [6.45, 7) is 17.2. The van der Waals surface area contributed by atoms with Gasteiger partial charge in [-0.15, -0.1) is 0 Å². The highest BCUT2D eigenvalue weighted by molar-refractivity contribution is 5.79. The van der Waals surface area contributed by atoms with Gasteiger partial charge in [0.15, 0.2) is 34.4 Å². The van der Waals surface area contributed by atoms with E-state index >= 15 is 0 Å². The van der Waals surface area contributed by atoms with E-state index in [2.05, 4.69) is 133 Å². The van der Waals surface area contributed by atoms with Crippen LogP contribution in [0.2, 0.25) is 0 Å². The first-order valence-corrected chi connectivity index (χ1v) is 28.3. The largest absolute Gasteiger partial charge is 0.377 e. The maximum absolute atomic E-state index is 9.98. The van der Waals surface area contributed by atoms with Crippen LogP contribution in [-0.4, -0.2) is 72.5 Å². The summed E-state index contributed by atoms with van der Waals surface area (Å²) in [5.74, 6) is 0.827. The highest BCUT2D eigenvalue weighted by atomic mass is 16.5. The third-order valence-corrected chi connectivity index (χ3v) is 14.8. The lowest BCUT2D eigenvalue weighted by Crippen LogP contribution is -2.27. The number of nitrogens with one attached hydrogen (secondary N) is 2. The van der Waals surface area contributed by atoms with Crippen molar-refractivity contribution in [1.29, 1.82) is 21.0 Å². The Morgan fingerprint density at radius 3 is 1.14 bits per heavy atom. The van der Waals surface area contributed by atoms with E-state index in [9.17, 15) is 21.0 Å². The van der Waals surface area contributed by atoms with E-state index in [1.807, 2.05) is 24.3 Å². The summed E-state index contributed by atoms with van der Waals surface area (Å²) in [4.78, 5) is 23.3. The van der Waals surface area contributed by atoms with E-state index in [1.165, 1.54) is 112 Å². The zero-order chi connectivity index (χ0) is 54.2. The molecule has 2 aromatic heterocycles. The molecule has 0 spiro atoms. The fourth-order valence-electron chi connectivity index (χ4n) is 10.6. The Kier molecular flexibility index (Phi) is 23.1. The molecule has 0 saturated heterocycles. The summed E-state index contributed by atoms with van der Waals surface area (Å²) in [5, 5.41) is 46.4.